The topological polar surface area (TPSA) is 73.0 Å². The number of aromatic nitrogens is 2. The standard InChI is InChI=1S/C10H11N3O2/c1-15-8-5-3-2-4-7(8)13-9(11)6-10(14)12-13/h2-6H,11H2,1H3,(H,12,14). The fourth-order valence-corrected chi connectivity index (χ4v) is 1.42. The summed E-state index contributed by atoms with van der Waals surface area (Å²) in [6, 6.07) is 8.63. The van der Waals surface area contributed by atoms with E-state index in [1.165, 1.54) is 10.7 Å². The van der Waals surface area contributed by atoms with Gasteiger partial charge in [0.25, 0.3) is 5.56 Å². The number of nitrogens with one attached hydrogen (secondary N) is 1. The van der Waals surface area contributed by atoms with Gasteiger partial charge < -0.3 is 10.5 Å². The number of benzene rings is 1. The third kappa shape index (κ3) is 1.59. The maximum atomic E-state index is 11.1. The lowest BCUT2D eigenvalue weighted by Gasteiger charge is -2.09. The molecule has 0 aliphatic rings. The third-order valence-corrected chi connectivity index (χ3v) is 2.09. The third-order valence-electron chi connectivity index (χ3n) is 2.09. The van der Waals surface area contributed by atoms with E-state index in [1.54, 1.807) is 13.2 Å². The minimum atomic E-state index is -0.238. The molecular formula is C10H11N3O2. The number of anilines is 1. The number of hydrogen-bond acceptors (Lipinski definition) is 3. The van der Waals surface area contributed by atoms with Crippen LogP contribution in [-0.4, -0.2) is 16.9 Å². The molecule has 1 aromatic carbocycles. The average Bonchev–Trinajstić information content (AvgIpc) is 2.57. The molecule has 1 aromatic heterocycles. The first kappa shape index (κ1) is 9.39. The summed E-state index contributed by atoms with van der Waals surface area (Å²) >= 11 is 0. The fourth-order valence-electron chi connectivity index (χ4n) is 1.42. The van der Waals surface area contributed by atoms with Crippen molar-refractivity contribution in [2.45, 2.75) is 0 Å². The first-order valence-electron chi connectivity index (χ1n) is 4.43. The van der Waals surface area contributed by atoms with Crippen molar-refractivity contribution in [3.63, 3.8) is 0 Å². The van der Waals surface area contributed by atoms with Crippen LogP contribution in [0.1, 0.15) is 0 Å². The largest absolute Gasteiger partial charge is 0.494 e. The van der Waals surface area contributed by atoms with Gasteiger partial charge in [-0.1, -0.05) is 12.1 Å². The normalized spacial score (nSPS) is 10.2. The molecule has 0 aliphatic heterocycles. The molecule has 2 rings (SSSR count). The molecule has 3 N–H and O–H groups in total. The van der Waals surface area contributed by atoms with Crippen LogP contribution in [0.2, 0.25) is 0 Å². The quantitative estimate of drug-likeness (QED) is 0.760. The molecule has 0 aliphatic carbocycles. The zero-order chi connectivity index (χ0) is 10.8. The lowest BCUT2D eigenvalue weighted by atomic mass is 10.3. The Morgan fingerprint density at radius 2 is 2.13 bits per heavy atom. The molecule has 0 radical (unpaired) electrons. The molecule has 0 saturated carbocycles. The highest BCUT2D eigenvalue weighted by Gasteiger charge is 2.07. The Morgan fingerprint density at radius 1 is 1.40 bits per heavy atom. The van der Waals surface area contributed by atoms with Gasteiger partial charge in [-0.15, -0.1) is 0 Å². The number of nitrogens with zero attached hydrogens (tertiary/aromatic N) is 1. The second-order valence-corrected chi connectivity index (χ2v) is 3.05. The van der Waals surface area contributed by atoms with Gasteiger partial charge in [-0.25, -0.2) is 4.68 Å². The van der Waals surface area contributed by atoms with Crippen LogP contribution in [0, 0.1) is 0 Å². The highest BCUT2D eigenvalue weighted by molar-refractivity contribution is 5.50. The second-order valence-electron chi connectivity index (χ2n) is 3.05. The van der Waals surface area contributed by atoms with Crippen molar-refractivity contribution in [1.29, 1.82) is 0 Å². The lowest BCUT2D eigenvalue weighted by molar-refractivity contribution is 0.412. The number of nitrogens with two attached hydrogens (primary N) is 1. The number of nitrogen functional groups attached to an aromatic ring is 1. The first-order valence-corrected chi connectivity index (χ1v) is 4.43. The molecule has 0 saturated heterocycles. The summed E-state index contributed by atoms with van der Waals surface area (Å²) in [6.45, 7) is 0. The van der Waals surface area contributed by atoms with Gasteiger partial charge in [0, 0.05) is 6.07 Å². The highest BCUT2D eigenvalue weighted by Crippen LogP contribution is 2.22. The fraction of sp³-hybridized carbons (Fsp3) is 0.100. The van der Waals surface area contributed by atoms with E-state index in [-0.39, 0.29) is 5.56 Å². The lowest BCUT2D eigenvalue weighted by Crippen LogP contribution is -2.06. The van der Waals surface area contributed by atoms with Crippen molar-refractivity contribution in [3.05, 3.63) is 40.7 Å². The number of methoxy groups -OCH3 is 1. The van der Waals surface area contributed by atoms with Gasteiger partial charge in [0.15, 0.2) is 0 Å². The Morgan fingerprint density at radius 3 is 2.73 bits per heavy atom. The molecule has 78 valence electrons. The molecule has 0 bridgehead atoms. The number of H-pyrrole nitrogens is 1. The van der Waals surface area contributed by atoms with Gasteiger partial charge in [-0.3, -0.25) is 9.89 Å². The number of ether oxygens (including phenoxy) is 1. The van der Waals surface area contributed by atoms with E-state index in [1.807, 2.05) is 18.2 Å². The number of aromatic amines is 1. The van der Waals surface area contributed by atoms with Gasteiger partial charge in [0.1, 0.15) is 17.3 Å². The van der Waals surface area contributed by atoms with Crippen LogP contribution in [0.3, 0.4) is 0 Å². The van der Waals surface area contributed by atoms with Gasteiger partial charge in [-0.2, -0.15) is 0 Å². The molecule has 0 atom stereocenters. The van der Waals surface area contributed by atoms with Crippen molar-refractivity contribution >= 4 is 5.82 Å². The zero-order valence-electron chi connectivity index (χ0n) is 8.23. The van der Waals surface area contributed by atoms with Crippen LogP contribution in [0.5, 0.6) is 5.75 Å². The zero-order valence-corrected chi connectivity index (χ0v) is 8.23. The molecule has 5 heteroatoms. The van der Waals surface area contributed by atoms with E-state index in [9.17, 15) is 4.79 Å². The van der Waals surface area contributed by atoms with Gasteiger partial charge >= 0.3 is 0 Å². The maximum absolute atomic E-state index is 11.1. The van der Waals surface area contributed by atoms with Crippen LogP contribution in [0.15, 0.2) is 35.1 Å². The van der Waals surface area contributed by atoms with E-state index in [4.69, 9.17) is 10.5 Å². The minimum Gasteiger partial charge on any atom is -0.494 e. The molecule has 1 heterocycles. The summed E-state index contributed by atoms with van der Waals surface area (Å²) in [5.74, 6) is 1.00. The summed E-state index contributed by atoms with van der Waals surface area (Å²) in [5, 5.41) is 2.59. The van der Waals surface area contributed by atoms with Crippen LogP contribution < -0.4 is 16.0 Å². The molecular weight excluding hydrogens is 194 g/mol. The van der Waals surface area contributed by atoms with E-state index in [2.05, 4.69) is 5.10 Å². The first-order chi connectivity index (χ1) is 7.22. The number of rotatable bonds is 2. The van der Waals surface area contributed by atoms with Crippen molar-refractivity contribution in [3.8, 4) is 11.4 Å². The molecule has 0 spiro atoms. The molecule has 5 nitrogen and oxygen atoms in total. The second kappa shape index (κ2) is 3.53. The summed E-state index contributed by atoms with van der Waals surface area (Å²) < 4.78 is 6.65. The summed E-state index contributed by atoms with van der Waals surface area (Å²) in [7, 11) is 1.57. The van der Waals surface area contributed by atoms with Crippen LogP contribution >= 0.6 is 0 Å². The van der Waals surface area contributed by atoms with Gasteiger partial charge in [-0.05, 0) is 12.1 Å². The van der Waals surface area contributed by atoms with Gasteiger partial charge in [0.2, 0.25) is 0 Å². The predicted octanol–water partition coefficient (Wildman–Crippen LogP) is 0.756. The van der Waals surface area contributed by atoms with E-state index < -0.39 is 0 Å². The summed E-state index contributed by atoms with van der Waals surface area (Å²) in [6.07, 6.45) is 0. The van der Waals surface area contributed by atoms with Crippen molar-refractivity contribution < 1.29 is 4.74 Å². The Kier molecular flexibility index (Phi) is 2.21. The van der Waals surface area contributed by atoms with Crippen molar-refractivity contribution in [2.24, 2.45) is 0 Å². The minimum absolute atomic E-state index is 0.238. The van der Waals surface area contributed by atoms with E-state index >= 15 is 0 Å². The smallest absolute Gasteiger partial charge is 0.266 e. The monoisotopic (exact) mass is 205 g/mol. The molecule has 2 aromatic rings. The maximum Gasteiger partial charge on any atom is 0.266 e. The molecule has 15 heavy (non-hydrogen) atoms. The number of para-hydroxylation sites is 2. The van der Waals surface area contributed by atoms with Crippen molar-refractivity contribution in [1.82, 2.24) is 9.78 Å². The SMILES string of the molecule is COc1ccccc1-n1[nH]c(=O)cc1N. The van der Waals surface area contributed by atoms with Crippen LogP contribution in [0.25, 0.3) is 5.69 Å². The Balaban J connectivity index is 2.63. The van der Waals surface area contributed by atoms with Crippen LogP contribution in [-0.2, 0) is 0 Å². The Bertz CT molecular complexity index is 527. The molecule has 0 amide bonds. The van der Waals surface area contributed by atoms with Gasteiger partial charge in [0.05, 0.1) is 7.11 Å². The summed E-state index contributed by atoms with van der Waals surface area (Å²) in [4.78, 5) is 11.1. The van der Waals surface area contributed by atoms with E-state index in [0.29, 0.717) is 17.3 Å². The summed E-state index contributed by atoms with van der Waals surface area (Å²) in [5.41, 5.74) is 6.14. The number of hydrogen-bond donors (Lipinski definition) is 2. The van der Waals surface area contributed by atoms with E-state index in [0.717, 1.165) is 0 Å². The molecule has 0 fully saturated rings. The van der Waals surface area contributed by atoms with Crippen molar-refractivity contribution in [2.75, 3.05) is 12.8 Å². The Hall–Kier alpha value is -2.17. The highest BCUT2D eigenvalue weighted by atomic mass is 16.5. The van der Waals surface area contributed by atoms with Crippen LogP contribution in [0.4, 0.5) is 5.82 Å². The predicted molar refractivity (Wildman–Crippen MR) is 57.4 cm³/mol. The average molecular weight is 205 g/mol. The molecule has 0 unspecified atom stereocenters. The Labute approximate surface area is 86.1 Å².